The summed E-state index contributed by atoms with van der Waals surface area (Å²) in [5, 5.41) is 0. The van der Waals surface area contributed by atoms with Gasteiger partial charge in [0.1, 0.15) is 0 Å². The third-order valence-electron chi connectivity index (χ3n) is 1.86. The second-order valence-electron chi connectivity index (χ2n) is 3.15. The molecule has 1 rings (SSSR count). The zero-order chi connectivity index (χ0) is 12.0. The fraction of sp³-hybridized carbons (Fsp3) is 0.250. The van der Waals surface area contributed by atoms with Crippen LogP contribution in [0, 0.1) is 0 Å². The van der Waals surface area contributed by atoms with Gasteiger partial charge in [0.15, 0.2) is 5.78 Å². The molecular formula is C12H13NO3. The molecule has 0 bridgehead atoms. The number of carbonyl (C=O) groups is 2. The van der Waals surface area contributed by atoms with E-state index in [0.29, 0.717) is 17.7 Å². The topological polar surface area (TPSA) is 56.3 Å². The zero-order valence-electron chi connectivity index (χ0n) is 9.27. The quantitative estimate of drug-likeness (QED) is 0.440. The van der Waals surface area contributed by atoms with E-state index in [0.717, 1.165) is 0 Å². The normalized spacial score (nSPS) is 10.4. The highest BCUT2D eigenvalue weighted by Crippen LogP contribution is 2.05. The van der Waals surface area contributed by atoms with E-state index in [1.165, 1.54) is 19.2 Å². The van der Waals surface area contributed by atoms with Crippen LogP contribution in [0.25, 0.3) is 6.08 Å². The predicted molar refractivity (Wildman–Crippen MR) is 59.9 cm³/mol. The summed E-state index contributed by atoms with van der Waals surface area (Å²) in [5.74, 6) is -0.463. The van der Waals surface area contributed by atoms with Crippen LogP contribution in [0.3, 0.4) is 0 Å². The van der Waals surface area contributed by atoms with Gasteiger partial charge in [0.2, 0.25) is 0 Å². The van der Waals surface area contributed by atoms with E-state index < -0.39 is 5.97 Å². The van der Waals surface area contributed by atoms with E-state index in [1.54, 1.807) is 25.3 Å². The highest BCUT2D eigenvalue weighted by atomic mass is 16.5. The van der Waals surface area contributed by atoms with Crippen molar-refractivity contribution in [2.24, 2.45) is 0 Å². The van der Waals surface area contributed by atoms with Crippen molar-refractivity contribution >= 4 is 17.8 Å². The van der Waals surface area contributed by atoms with Crippen molar-refractivity contribution in [3.63, 3.8) is 0 Å². The average Bonchev–Trinajstić information content (AvgIpc) is 2.27. The van der Waals surface area contributed by atoms with Gasteiger partial charge < -0.3 is 4.74 Å². The number of hydrogen-bond donors (Lipinski definition) is 0. The Balaban J connectivity index is 2.77. The highest BCUT2D eigenvalue weighted by Gasteiger charge is 2.00. The summed E-state index contributed by atoms with van der Waals surface area (Å²) >= 11 is 0. The molecule has 4 nitrogen and oxygen atoms in total. The Hall–Kier alpha value is -1.97. The summed E-state index contributed by atoms with van der Waals surface area (Å²) in [4.78, 5) is 26.0. The number of aromatic nitrogens is 1. The number of hydrogen-bond acceptors (Lipinski definition) is 4. The molecule has 0 saturated heterocycles. The van der Waals surface area contributed by atoms with Gasteiger partial charge in [0.05, 0.1) is 6.61 Å². The predicted octanol–water partition coefficient (Wildman–Crippen LogP) is 1.86. The maximum Gasteiger partial charge on any atom is 0.330 e. The summed E-state index contributed by atoms with van der Waals surface area (Å²) in [6.07, 6.45) is 5.94. The van der Waals surface area contributed by atoms with Gasteiger partial charge in [-0.15, -0.1) is 0 Å². The molecule has 0 unspecified atom stereocenters. The van der Waals surface area contributed by atoms with E-state index in [4.69, 9.17) is 4.74 Å². The lowest BCUT2D eigenvalue weighted by molar-refractivity contribution is -0.137. The van der Waals surface area contributed by atoms with E-state index in [2.05, 4.69) is 4.98 Å². The van der Waals surface area contributed by atoms with E-state index in [9.17, 15) is 9.59 Å². The van der Waals surface area contributed by atoms with E-state index in [-0.39, 0.29) is 5.78 Å². The molecule has 0 fully saturated rings. The van der Waals surface area contributed by atoms with Gasteiger partial charge in [-0.1, -0.05) is 0 Å². The first-order valence-corrected chi connectivity index (χ1v) is 4.94. The van der Waals surface area contributed by atoms with Gasteiger partial charge in [-0.3, -0.25) is 9.78 Å². The SMILES string of the molecule is CCOC(=O)C=Cc1cncc(C(C)=O)c1. The molecule has 0 N–H and O–H groups in total. The molecule has 0 radical (unpaired) electrons. The van der Waals surface area contributed by atoms with Crippen LogP contribution in [0.1, 0.15) is 29.8 Å². The lowest BCUT2D eigenvalue weighted by Gasteiger charge is -1.97. The second-order valence-corrected chi connectivity index (χ2v) is 3.15. The molecule has 0 saturated carbocycles. The summed E-state index contributed by atoms with van der Waals surface area (Å²) in [6.45, 7) is 3.55. The summed E-state index contributed by atoms with van der Waals surface area (Å²) in [5.41, 5.74) is 1.21. The lowest BCUT2D eigenvalue weighted by Crippen LogP contribution is -1.99. The molecule has 0 aliphatic carbocycles. The molecule has 0 amide bonds. The van der Waals surface area contributed by atoms with Gasteiger partial charge in [0, 0.05) is 24.0 Å². The number of ether oxygens (including phenoxy) is 1. The van der Waals surface area contributed by atoms with E-state index in [1.807, 2.05) is 0 Å². The molecule has 1 heterocycles. The van der Waals surface area contributed by atoms with Crippen molar-refractivity contribution in [1.82, 2.24) is 4.98 Å². The maximum absolute atomic E-state index is 11.1. The van der Waals surface area contributed by atoms with Gasteiger partial charge >= 0.3 is 5.97 Å². The summed E-state index contributed by atoms with van der Waals surface area (Å²) in [6, 6.07) is 1.67. The average molecular weight is 219 g/mol. The van der Waals surface area contributed by atoms with Crippen LogP contribution in [0.15, 0.2) is 24.5 Å². The molecule has 1 aromatic heterocycles. The zero-order valence-corrected chi connectivity index (χ0v) is 9.27. The highest BCUT2D eigenvalue weighted by molar-refractivity contribution is 5.94. The van der Waals surface area contributed by atoms with Crippen LogP contribution in [0.4, 0.5) is 0 Å². The minimum atomic E-state index is -0.407. The molecule has 0 aromatic carbocycles. The van der Waals surface area contributed by atoms with Crippen molar-refractivity contribution < 1.29 is 14.3 Å². The molecule has 1 aromatic rings. The third-order valence-corrected chi connectivity index (χ3v) is 1.86. The van der Waals surface area contributed by atoms with E-state index >= 15 is 0 Å². The third kappa shape index (κ3) is 3.65. The summed E-state index contributed by atoms with van der Waals surface area (Å²) < 4.78 is 4.73. The fourth-order valence-electron chi connectivity index (χ4n) is 1.10. The standard InChI is InChI=1S/C12H13NO3/c1-3-16-12(15)5-4-10-6-11(9(2)14)8-13-7-10/h4-8H,3H2,1-2H3. The Morgan fingerprint density at radius 3 is 2.81 bits per heavy atom. The Morgan fingerprint density at radius 1 is 1.44 bits per heavy atom. The van der Waals surface area contributed by atoms with Crippen LogP contribution >= 0.6 is 0 Å². The number of esters is 1. The maximum atomic E-state index is 11.1. The minimum Gasteiger partial charge on any atom is -0.463 e. The van der Waals surface area contributed by atoms with Crippen molar-refractivity contribution in [3.8, 4) is 0 Å². The minimum absolute atomic E-state index is 0.0566. The van der Waals surface area contributed by atoms with Crippen LogP contribution in [0.5, 0.6) is 0 Å². The first-order chi connectivity index (χ1) is 7.63. The van der Waals surface area contributed by atoms with Crippen molar-refractivity contribution in [3.05, 3.63) is 35.7 Å². The number of carbonyl (C=O) groups excluding carboxylic acids is 2. The molecule has 16 heavy (non-hydrogen) atoms. The largest absolute Gasteiger partial charge is 0.463 e. The Kier molecular flexibility index (Phi) is 4.39. The molecule has 4 heteroatoms. The van der Waals surface area contributed by atoms with Crippen LogP contribution in [-0.4, -0.2) is 23.3 Å². The van der Waals surface area contributed by atoms with Crippen molar-refractivity contribution in [2.75, 3.05) is 6.61 Å². The first kappa shape index (κ1) is 12.1. The van der Waals surface area contributed by atoms with Crippen molar-refractivity contribution in [1.29, 1.82) is 0 Å². The molecule has 0 atom stereocenters. The van der Waals surface area contributed by atoms with Gasteiger partial charge in [-0.2, -0.15) is 0 Å². The number of nitrogens with zero attached hydrogens (tertiary/aromatic N) is 1. The molecular weight excluding hydrogens is 206 g/mol. The van der Waals surface area contributed by atoms with Gasteiger partial charge in [-0.25, -0.2) is 4.79 Å². The number of Topliss-reactive ketones (excluding diaryl/α,β-unsaturated/α-hetero) is 1. The monoisotopic (exact) mass is 219 g/mol. The van der Waals surface area contributed by atoms with Gasteiger partial charge in [0.25, 0.3) is 0 Å². The van der Waals surface area contributed by atoms with Crippen LogP contribution in [0.2, 0.25) is 0 Å². The number of rotatable bonds is 4. The lowest BCUT2D eigenvalue weighted by atomic mass is 10.1. The molecule has 0 spiro atoms. The number of ketones is 1. The molecule has 84 valence electrons. The van der Waals surface area contributed by atoms with Crippen molar-refractivity contribution in [2.45, 2.75) is 13.8 Å². The smallest absolute Gasteiger partial charge is 0.330 e. The summed E-state index contributed by atoms with van der Waals surface area (Å²) in [7, 11) is 0. The number of pyridine rings is 1. The Bertz CT molecular complexity index is 424. The van der Waals surface area contributed by atoms with Crippen LogP contribution in [-0.2, 0) is 9.53 Å². The molecule has 0 aliphatic rings. The fourth-order valence-corrected chi connectivity index (χ4v) is 1.10. The second kappa shape index (κ2) is 5.80. The first-order valence-electron chi connectivity index (χ1n) is 4.94. The molecule has 0 aliphatic heterocycles. The van der Waals surface area contributed by atoms with Crippen LogP contribution < -0.4 is 0 Å². The Morgan fingerprint density at radius 2 is 2.19 bits per heavy atom. The van der Waals surface area contributed by atoms with Gasteiger partial charge in [-0.05, 0) is 31.6 Å². The Labute approximate surface area is 94.0 Å².